The van der Waals surface area contributed by atoms with Crippen LogP contribution in [0.2, 0.25) is 0 Å². The highest BCUT2D eigenvalue weighted by molar-refractivity contribution is 6.46. The Morgan fingerprint density at radius 2 is 1.65 bits per heavy atom. The highest BCUT2D eigenvalue weighted by Crippen LogP contribution is 2.43. The number of nitrogens with zero attached hydrogens (tertiary/aromatic N) is 2. The van der Waals surface area contributed by atoms with Crippen LogP contribution in [0.4, 0.5) is 5.69 Å². The Morgan fingerprint density at radius 1 is 0.946 bits per heavy atom. The van der Waals surface area contributed by atoms with E-state index in [2.05, 4.69) is 0 Å². The molecule has 37 heavy (non-hydrogen) atoms. The Morgan fingerprint density at radius 3 is 2.27 bits per heavy atom. The monoisotopic (exact) mass is 504 g/mol. The Hall–Kier alpha value is -4.86. The summed E-state index contributed by atoms with van der Waals surface area (Å²) in [6.45, 7) is 0.0549. The fourth-order valence-corrected chi connectivity index (χ4v) is 4.26. The van der Waals surface area contributed by atoms with E-state index in [1.54, 1.807) is 49.6 Å². The first-order chi connectivity index (χ1) is 17.8. The van der Waals surface area contributed by atoms with Gasteiger partial charge in [-0.25, -0.2) is 0 Å². The number of hydrogen-bond donors (Lipinski definition) is 1. The van der Waals surface area contributed by atoms with Gasteiger partial charge in [-0.2, -0.15) is 0 Å². The third-order valence-corrected chi connectivity index (χ3v) is 6.11. The SMILES string of the molecule is COc1ccc(CN2C(=O)C(=O)/C(=C(/O)c3cccc([N+](=O)[O-])c3)C2c2ccc(OC)c(OC)c2)cc1. The van der Waals surface area contributed by atoms with Gasteiger partial charge in [-0.1, -0.05) is 30.3 Å². The molecule has 0 saturated carbocycles. The highest BCUT2D eigenvalue weighted by atomic mass is 16.6. The molecule has 3 aromatic carbocycles. The van der Waals surface area contributed by atoms with Gasteiger partial charge in [-0.05, 0) is 35.4 Å². The van der Waals surface area contributed by atoms with E-state index in [1.165, 1.54) is 37.3 Å². The van der Waals surface area contributed by atoms with E-state index < -0.39 is 28.4 Å². The first-order valence-electron chi connectivity index (χ1n) is 11.2. The summed E-state index contributed by atoms with van der Waals surface area (Å²) in [6.07, 6.45) is 0. The molecule has 0 bridgehead atoms. The van der Waals surface area contributed by atoms with Crippen molar-refractivity contribution in [3.63, 3.8) is 0 Å². The number of nitro benzene ring substituents is 1. The highest BCUT2D eigenvalue weighted by Gasteiger charge is 2.46. The van der Waals surface area contributed by atoms with Gasteiger partial charge in [-0.3, -0.25) is 19.7 Å². The van der Waals surface area contributed by atoms with Crippen LogP contribution in [-0.4, -0.2) is 47.9 Å². The van der Waals surface area contributed by atoms with E-state index in [0.717, 1.165) is 11.6 Å². The number of ether oxygens (including phenoxy) is 3. The van der Waals surface area contributed by atoms with E-state index in [0.29, 0.717) is 22.8 Å². The topological polar surface area (TPSA) is 128 Å². The number of benzene rings is 3. The van der Waals surface area contributed by atoms with Crippen LogP contribution in [0.5, 0.6) is 17.2 Å². The van der Waals surface area contributed by atoms with Crippen molar-refractivity contribution in [3.8, 4) is 17.2 Å². The molecule has 1 fully saturated rings. The molecule has 1 aliphatic heterocycles. The van der Waals surface area contributed by atoms with Crippen molar-refractivity contribution >= 4 is 23.1 Å². The van der Waals surface area contributed by atoms with Gasteiger partial charge in [0, 0.05) is 24.2 Å². The number of amides is 1. The number of rotatable bonds is 8. The van der Waals surface area contributed by atoms with E-state index >= 15 is 0 Å². The summed E-state index contributed by atoms with van der Waals surface area (Å²) in [6, 6.07) is 16.2. The molecular formula is C27H24N2O8. The summed E-state index contributed by atoms with van der Waals surface area (Å²) in [5.74, 6) is -0.797. The molecule has 4 rings (SSSR count). The number of aliphatic hydroxyl groups excluding tert-OH is 1. The zero-order valence-electron chi connectivity index (χ0n) is 20.3. The maximum Gasteiger partial charge on any atom is 0.295 e. The summed E-state index contributed by atoms with van der Waals surface area (Å²) in [5.41, 5.74) is 0.799. The average molecular weight is 504 g/mol. The number of Topliss-reactive ketones (excluding diaryl/α,β-unsaturated/α-hetero) is 1. The lowest BCUT2D eigenvalue weighted by atomic mass is 9.94. The molecule has 10 heteroatoms. The third kappa shape index (κ3) is 4.81. The molecule has 10 nitrogen and oxygen atoms in total. The Labute approximate surface area is 212 Å². The van der Waals surface area contributed by atoms with Crippen LogP contribution in [-0.2, 0) is 16.1 Å². The lowest BCUT2D eigenvalue weighted by molar-refractivity contribution is -0.384. The van der Waals surface area contributed by atoms with Crippen molar-refractivity contribution < 1.29 is 33.8 Å². The predicted octanol–water partition coefficient (Wildman–Crippen LogP) is 4.24. The number of carbonyl (C=O) groups is 2. The maximum absolute atomic E-state index is 13.3. The van der Waals surface area contributed by atoms with Gasteiger partial charge in [0.1, 0.15) is 11.5 Å². The van der Waals surface area contributed by atoms with Crippen LogP contribution >= 0.6 is 0 Å². The second-order valence-electron chi connectivity index (χ2n) is 8.20. The van der Waals surface area contributed by atoms with Crippen molar-refractivity contribution in [2.24, 2.45) is 0 Å². The van der Waals surface area contributed by atoms with Crippen molar-refractivity contribution in [2.75, 3.05) is 21.3 Å². The summed E-state index contributed by atoms with van der Waals surface area (Å²) in [4.78, 5) is 38.6. The second kappa shape index (κ2) is 10.4. The lowest BCUT2D eigenvalue weighted by Crippen LogP contribution is -2.29. The van der Waals surface area contributed by atoms with Crippen LogP contribution in [0.3, 0.4) is 0 Å². The minimum absolute atomic E-state index is 0.0436. The fraction of sp³-hybridized carbons (Fsp3) is 0.185. The van der Waals surface area contributed by atoms with E-state index in [1.807, 2.05) is 0 Å². The van der Waals surface area contributed by atoms with Crippen molar-refractivity contribution in [1.29, 1.82) is 0 Å². The predicted molar refractivity (Wildman–Crippen MR) is 133 cm³/mol. The molecule has 1 amide bonds. The number of nitro groups is 1. The number of ketones is 1. The van der Waals surface area contributed by atoms with E-state index in [9.17, 15) is 24.8 Å². The van der Waals surface area contributed by atoms with Gasteiger partial charge in [0.15, 0.2) is 11.5 Å². The minimum Gasteiger partial charge on any atom is -0.507 e. The summed E-state index contributed by atoms with van der Waals surface area (Å²) in [5, 5.41) is 22.5. The molecule has 0 aliphatic carbocycles. The number of carbonyl (C=O) groups excluding carboxylic acids is 2. The van der Waals surface area contributed by atoms with Gasteiger partial charge >= 0.3 is 0 Å². The summed E-state index contributed by atoms with van der Waals surface area (Å²) in [7, 11) is 4.48. The smallest absolute Gasteiger partial charge is 0.295 e. The standard InChI is InChI=1S/C27H24N2O8/c1-35-20-10-7-16(8-11-20)15-28-24(17-9-12-21(36-2)22(14-17)37-3)23(26(31)27(28)32)25(30)18-5-4-6-19(13-18)29(33)34/h4-14,24,30H,15H2,1-3H3/b25-23+. The van der Waals surface area contributed by atoms with Gasteiger partial charge in [-0.15, -0.1) is 0 Å². The molecule has 1 unspecified atom stereocenters. The molecular weight excluding hydrogens is 480 g/mol. The second-order valence-corrected chi connectivity index (χ2v) is 8.20. The molecule has 1 saturated heterocycles. The molecule has 190 valence electrons. The van der Waals surface area contributed by atoms with Crippen LogP contribution in [0.25, 0.3) is 5.76 Å². The molecule has 1 aliphatic rings. The van der Waals surface area contributed by atoms with Crippen LogP contribution in [0.15, 0.2) is 72.3 Å². The van der Waals surface area contributed by atoms with Crippen molar-refractivity contribution in [3.05, 3.63) is 99.1 Å². The number of likely N-dealkylation sites (tertiary alicyclic amines) is 1. The van der Waals surface area contributed by atoms with Crippen LogP contribution < -0.4 is 14.2 Å². The summed E-state index contributed by atoms with van der Waals surface area (Å²) < 4.78 is 15.9. The van der Waals surface area contributed by atoms with Crippen molar-refractivity contribution in [2.45, 2.75) is 12.6 Å². The lowest BCUT2D eigenvalue weighted by Gasteiger charge is -2.26. The summed E-state index contributed by atoms with van der Waals surface area (Å²) >= 11 is 0. The largest absolute Gasteiger partial charge is 0.507 e. The van der Waals surface area contributed by atoms with Crippen LogP contribution in [0, 0.1) is 10.1 Å². The fourth-order valence-electron chi connectivity index (χ4n) is 4.26. The first kappa shape index (κ1) is 25.2. The number of methoxy groups -OCH3 is 3. The quantitative estimate of drug-likeness (QED) is 0.159. The van der Waals surface area contributed by atoms with Crippen LogP contribution in [0.1, 0.15) is 22.7 Å². The molecule has 1 N–H and O–H groups in total. The van der Waals surface area contributed by atoms with Gasteiger partial charge in [0.05, 0.1) is 37.9 Å². The van der Waals surface area contributed by atoms with E-state index in [-0.39, 0.29) is 23.4 Å². The average Bonchev–Trinajstić information content (AvgIpc) is 3.17. The molecule has 0 radical (unpaired) electrons. The third-order valence-electron chi connectivity index (χ3n) is 6.11. The molecule has 0 spiro atoms. The maximum atomic E-state index is 13.3. The molecule has 1 atom stereocenters. The van der Waals surface area contributed by atoms with Crippen molar-refractivity contribution in [1.82, 2.24) is 4.90 Å². The first-order valence-corrected chi connectivity index (χ1v) is 11.2. The molecule has 0 aromatic heterocycles. The van der Waals surface area contributed by atoms with Gasteiger partial charge in [0.2, 0.25) is 0 Å². The number of non-ortho nitro benzene ring substituents is 1. The Balaban J connectivity index is 1.88. The zero-order chi connectivity index (χ0) is 26.7. The Bertz CT molecular complexity index is 1400. The van der Waals surface area contributed by atoms with E-state index in [4.69, 9.17) is 14.2 Å². The molecule has 1 heterocycles. The minimum atomic E-state index is -0.999. The normalized spacial score (nSPS) is 16.5. The molecule has 3 aromatic rings. The van der Waals surface area contributed by atoms with Gasteiger partial charge in [0.25, 0.3) is 17.4 Å². The number of aliphatic hydroxyl groups is 1. The van der Waals surface area contributed by atoms with Gasteiger partial charge < -0.3 is 24.2 Å². The Kier molecular flexibility index (Phi) is 7.10. The zero-order valence-corrected chi connectivity index (χ0v) is 20.3. The number of hydrogen-bond acceptors (Lipinski definition) is 8.